The van der Waals surface area contributed by atoms with Gasteiger partial charge >= 0.3 is 6.03 Å². The molecule has 0 bridgehead atoms. The molecule has 0 saturated carbocycles. The van der Waals surface area contributed by atoms with Gasteiger partial charge in [0, 0.05) is 33.3 Å². The number of nitrogens with zero attached hydrogens (tertiary/aromatic N) is 2. The molecule has 1 heterocycles. The first-order chi connectivity index (χ1) is 9.52. The number of hydrogen-bond donors (Lipinski definition) is 2. The highest BCUT2D eigenvalue weighted by Gasteiger charge is 2.07. The molecule has 0 saturated heterocycles. The molecule has 0 fully saturated rings. The summed E-state index contributed by atoms with van der Waals surface area (Å²) in [5.74, 6) is 0.779. The van der Waals surface area contributed by atoms with Crippen molar-refractivity contribution in [1.82, 2.24) is 19.8 Å². The first kappa shape index (κ1) is 14.4. The molecule has 2 amide bonds. The first-order valence-electron chi connectivity index (χ1n) is 6.24. The van der Waals surface area contributed by atoms with E-state index in [1.165, 1.54) is 4.90 Å². The van der Waals surface area contributed by atoms with Crippen LogP contribution in [0.5, 0.6) is 5.75 Å². The number of aromatic nitrogens is 2. The fraction of sp³-hybridized carbons (Fsp3) is 0.385. The molecule has 0 aliphatic heterocycles. The van der Waals surface area contributed by atoms with Crippen LogP contribution in [0.25, 0.3) is 11.0 Å². The molecular formula is C13H18N4O2S. The molecule has 6 nitrogen and oxygen atoms in total. The number of methoxy groups -OCH3 is 1. The number of H-pyrrole nitrogens is 1. The number of rotatable bonds is 4. The summed E-state index contributed by atoms with van der Waals surface area (Å²) < 4.78 is 7.77. The van der Waals surface area contributed by atoms with Gasteiger partial charge in [-0.3, -0.25) is 0 Å². The van der Waals surface area contributed by atoms with Gasteiger partial charge in [-0.1, -0.05) is 0 Å². The van der Waals surface area contributed by atoms with E-state index in [9.17, 15) is 4.79 Å². The Labute approximate surface area is 122 Å². The van der Waals surface area contributed by atoms with Crippen molar-refractivity contribution in [2.24, 2.45) is 0 Å². The predicted molar refractivity (Wildman–Crippen MR) is 80.8 cm³/mol. The Kier molecular flexibility index (Phi) is 4.29. The van der Waals surface area contributed by atoms with Crippen LogP contribution >= 0.6 is 12.2 Å². The van der Waals surface area contributed by atoms with Crippen LogP contribution in [0.1, 0.15) is 0 Å². The summed E-state index contributed by atoms with van der Waals surface area (Å²) in [6, 6.07) is 5.63. The van der Waals surface area contributed by atoms with Crippen LogP contribution < -0.4 is 10.1 Å². The van der Waals surface area contributed by atoms with Crippen molar-refractivity contribution in [2.45, 2.75) is 6.54 Å². The van der Waals surface area contributed by atoms with E-state index in [4.69, 9.17) is 17.0 Å². The predicted octanol–water partition coefficient (Wildman–Crippen LogP) is 1.98. The number of carbonyl (C=O) groups is 1. The number of hydrogen-bond acceptors (Lipinski definition) is 3. The van der Waals surface area contributed by atoms with E-state index < -0.39 is 0 Å². The molecule has 0 spiro atoms. The number of urea groups is 1. The maximum absolute atomic E-state index is 11.5. The van der Waals surface area contributed by atoms with Crippen LogP contribution in [0.15, 0.2) is 18.2 Å². The largest absolute Gasteiger partial charge is 0.497 e. The van der Waals surface area contributed by atoms with Gasteiger partial charge in [-0.15, -0.1) is 0 Å². The van der Waals surface area contributed by atoms with Gasteiger partial charge in [0.2, 0.25) is 0 Å². The zero-order valence-corrected chi connectivity index (χ0v) is 12.6. The molecule has 1 aromatic heterocycles. The summed E-state index contributed by atoms with van der Waals surface area (Å²) in [4.78, 5) is 16.1. The third kappa shape index (κ3) is 2.93. The molecule has 108 valence electrons. The third-order valence-electron chi connectivity index (χ3n) is 3.00. The van der Waals surface area contributed by atoms with E-state index in [1.807, 2.05) is 22.8 Å². The molecule has 0 aliphatic rings. The Balaban J connectivity index is 2.16. The molecule has 7 heteroatoms. The van der Waals surface area contributed by atoms with Gasteiger partial charge in [-0.25, -0.2) is 4.79 Å². The molecule has 2 rings (SSSR count). The van der Waals surface area contributed by atoms with Gasteiger partial charge in [-0.2, -0.15) is 0 Å². The van der Waals surface area contributed by atoms with Crippen LogP contribution in [0.3, 0.4) is 0 Å². The summed E-state index contributed by atoms with van der Waals surface area (Å²) in [5, 5.41) is 2.82. The van der Waals surface area contributed by atoms with E-state index in [1.54, 1.807) is 21.2 Å². The minimum atomic E-state index is -0.113. The number of aromatic amines is 1. The lowest BCUT2D eigenvalue weighted by atomic mass is 10.3. The highest BCUT2D eigenvalue weighted by atomic mass is 32.1. The molecule has 0 unspecified atom stereocenters. The average molecular weight is 294 g/mol. The molecular weight excluding hydrogens is 276 g/mol. The van der Waals surface area contributed by atoms with Gasteiger partial charge in [0.25, 0.3) is 0 Å². The molecule has 0 radical (unpaired) electrons. The van der Waals surface area contributed by atoms with Gasteiger partial charge in [-0.05, 0) is 24.4 Å². The van der Waals surface area contributed by atoms with E-state index in [2.05, 4.69) is 10.3 Å². The maximum Gasteiger partial charge on any atom is 0.316 e. The molecule has 2 aromatic rings. The Morgan fingerprint density at radius 3 is 2.90 bits per heavy atom. The Morgan fingerprint density at radius 1 is 1.50 bits per heavy atom. The number of benzene rings is 1. The number of imidazole rings is 1. The zero-order chi connectivity index (χ0) is 14.7. The summed E-state index contributed by atoms with van der Waals surface area (Å²) in [7, 11) is 5.04. The van der Waals surface area contributed by atoms with Crippen molar-refractivity contribution in [3.05, 3.63) is 23.0 Å². The molecule has 20 heavy (non-hydrogen) atoms. The summed E-state index contributed by atoms with van der Waals surface area (Å²) in [6.45, 7) is 1.13. The average Bonchev–Trinajstić information content (AvgIpc) is 2.73. The second-order valence-corrected chi connectivity index (χ2v) is 4.98. The summed E-state index contributed by atoms with van der Waals surface area (Å²) in [6.07, 6.45) is 0. The van der Waals surface area contributed by atoms with Crippen molar-refractivity contribution in [3.63, 3.8) is 0 Å². The lowest BCUT2D eigenvalue weighted by Gasteiger charge is -2.12. The quantitative estimate of drug-likeness (QED) is 0.848. The fourth-order valence-electron chi connectivity index (χ4n) is 1.92. The van der Waals surface area contributed by atoms with E-state index in [0.29, 0.717) is 17.9 Å². The highest BCUT2D eigenvalue weighted by molar-refractivity contribution is 7.71. The zero-order valence-electron chi connectivity index (χ0n) is 11.8. The number of nitrogens with one attached hydrogen (secondary N) is 2. The Morgan fingerprint density at radius 2 is 2.25 bits per heavy atom. The van der Waals surface area contributed by atoms with Crippen molar-refractivity contribution in [2.75, 3.05) is 27.7 Å². The second kappa shape index (κ2) is 5.96. The van der Waals surface area contributed by atoms with Crippen LogP contribution in [-0.2, 0) is 6.54 Å². The fourth-order valence-corrected chi connectivity index (χ4v) is 2.22. The smallest absolute Gasteiger partial charge is 0.316 e. The monoisotopic (exact) mass is 294 g/mol. The van der Waals surface area contributed by atoms with Crippen LogP contribution in [0.2, 0.25) is 0 Å². The Hall–Kier alpha value is -2.02. The third-order valence-corrected chi connectivity index (χ3v) is 3.32. The summed E-state index contributed by atoms with van der Waals surface area (Å²) in [5.41, 5.74) is 1.92. The van der Waals surface area contributed by atoms with E-state index in [-0.39, 0.29) is 6.03 Å². The number of fused-ring (bicyclic) bond motifs is 1. The highest BCUT2D eigenvalue weighted by Crippen LogP contribution is 2.20. The summed E-state index contributed by atoms with van der Waals surface area (Å²) >= 11 is 5.31. The molecule has 0 atom stereocenters. The van der Waals surface area contributed by atoms with Crippen LogP contribution in [0, 0.1) is 4.77 Å². The van der Waals surface area contributed by atoms with Gasteiger partial charge < -0.3 is 24.5 Å². The second-order valence-electron chi connectivity index (χ2n) is 4.59. The lowest BCUT2D eigenvalue weighted by molar-refractivity contribution is 0.217. The topological polar surface area (TPSA) is 62.3 Å². The van der Waals surface area contributed by atoms with Crippen LogP contribution in [-0.4, -0.2) is 48.2 Å². The number of carbonyl (C=O) groups excluding carboxylic acids is 1. The van der Waals surface area contributed by atoms with Crippen molar-refractivity contribution >= 4 is 29.3 Å². The van der Waals surface area contributed by atoms with Crippen molar-refractivity contribution in [3.8, 4) is 5.75 Å². The molecule has 2 N–H and O–H groups in total. The van der Waals surface area contributed by atoms with Gasteiger partial charge in [0.05, 0.1) is 18.1 Å². The van der Waals surface area contributed by atoms with Crippen LogP contribution in [0.4, 0.5) is 4.79 Å². The van der Waals surface area contributed by atoms with Crippen molar-refractivity contribution in [1.29, 1.82) is 0 Å². The normalized spacial score (nSPS) is 10.6. The van der Waals surface area contributed by atoms with Crippen molar-refractivity contribution < 1.29 is 9.53 Å². The minimum absolute atomic E-state index is 0.113. The standard InChI is InChI=1S/C13H18N4O2S/c1-16(2)12(18)14-6-7-17-11-5-4-9(19-3)8-10(11)15-13(17)20/h4-5,8H,6-7H2,1-3H3,(H,14,18)(H,15,20). The maximum atomic E-state index is 11.5. The number of ether oxygens (including phenoxy) is 1. The van der Waals surface area contributed by atoms with Gasteiger partial charge in [0.1, 0.15) is 5.75 Å². The number of amides is 2. The first-order valence-corrected chi connectivity index (χ1v) is 6.65. The molecule has 0 aliphatic carbocycles. The van der Waals surface area contributed by atoms with E-state index in [0.717, 1.165) is 16.8 Å². The Bertz CT molecular complexity index is 675. The van der Waals surface area contributed by atoms with E-state index >= 15 is 0 Å². The lowest BCUT2D eigenvalue weighted by Crippen LogP contribution is -2.36. The van der Waals surface area contributed by atoms with Gasteiger partial charge in [0.15, 0.2) is 4.77 Å². The SMILES string of the molecule is COc1ccc2c(c1)[nH]c(=S)n2CCNC(=O)N(C)C. The minimum Gasteiger partial charge on any atom is -0.497 e. The molecule has 1 aromatic carbocycles.